The highest BCUT2D eigenvalue weighted by atomic mass is 32.2. The van der Waals surface area contributed by atoms with Gasteiger partial charge in [0.1, 0.15) is 11.1 Å². The van der Waals surface area contributed by atoms with Crippen LogP contribution in [0.5, 0.6) is 0 Å². The van der Waals surface area contributed by atoms with Crippen molar-refractivity contribution in [3.05, 3.63) is 54.9 Å². The summed E-state index contributed by atoms with van der Waals surface area (Å²) in [6.45, 7) is 5.89. The largest absolute Gasteiger partial charge is 0.354 e. The molecule has 0 spiro atoms. The predicted molar refractivity (Wildman–Crippen MR) is 107 cm³/mol. The van der Waals surface area contributed by atoms with Crippen molar-refractivity contribution in [1.82, 2.24) is 19.4 Å². The molecular formula is C20H24N4O4S. The van der Waals surface area contributed by atoms with Crippen LogP contribution in [0.1, 0.15) is 18.5 Å². The Morgan fingerprint density at radius 3 is 2.83 bits per heavy atom. The lowest BCUT2D eigenvalue weighted by molar-refractivity contribution is -0.120. The normalized spacial score (nSPS) is 24.8. The second-order valence-electron chi connectivity index (χ2n) is 7.36. The molecule has 29 heavy (non-hydrogen) atoms. The van der Waals surface area contributed by atoms with Gasteiger partial charge in [0.2, 0.25) is 15.9 Å². The van der Waals surface area contributed by atoms with E-state index < -0.39 is 16.3 Å². The molecule has 2 aliphatic rings. The van der Waals surface area contributed by atoms with Crippen LogP contribution in [-0.2, 0) is 19.6 Å². The van der Waals surface area contributed by atoms with Crippen molar-refractivity contribution < 1.29 is 17.9 Å². The van der Waals surface area contributed by atoms with Gasteiger partial charge in [-0.15, -0.1) is 0 Å². The standard InChI is InChI=1S/C20H24N4O4S/c1-3-19(25)22-20-11-15-9-10-23(13-17(15)28-20)29(26,27)18-12-21-24(14(18)2)16-7-5-4-6-8-16/h3-8,12,15,17,20H,1,9-11,13H2,2H3,(H,22,25). The zero-order valence-corrected chi connectivity index (χ0v) is 17.0. The predicted octanol–water partition coefficient (Wildman–Crippen LogP) is 1.61. The highest BCUT2D eigenvalue weighted by Crippen LogP contribution is 2.35. The number of aromatic nitrogens is 2. The maximum atomic E-state index is 13.3. The number of para-hydroxylation sites is 1. The summed E-state index contributed by atoms with van der Waals surface area (Å²) < 4.78 is 35.6. The number of sulfonamides is 1. The van der Waals surface area contributed by atoms with E-state index in [1.165, 1.54) is 16.6 Å². The number of benzene rings is 1. The zero-order chi connectivity index (χ0) is 20.6. The van der Waals surface area contributed by atoms with Crippen LogP contribution < -0.4 is 5.32 Å². The van der Waals surface area contributed by atoms with E-state index in [1.807, 2.05) is 30.3 Å². The Labute approximate surface area is 170 Å². The molecule has 2 saturated heterocycles. The summed E-state index contributed by atoms with van der Waals surface area (Å²) in [6, 6.07) is 9.43. The van der Waals surface area contributed by atoms with Crippen LogP contribution in [0.25, 0.3) is 5.69 Å². The number of hydrogen-bond donors (Lipinski definition) is 1. The topological polar surface area (TPSA) is 93.5 Å². The average molecular weight is 417 g/mol. The Hall–Kier alpha value is -2.49. The average Bonchev–Trinajstić information content (AvgIpc) is 3.30. The summed E-state index contributed by atoms with van der Waals surface area (Å²) in [5.74, 6) is -0.0632. The quantitative estimate of drug-likeness (QED) is 0.748. The molecule has 0 radical (unpaired) electrons. The van der Waals surface area contributed by atoms with Crippen LogP contribution in [0.15, 0.2) is 54.1 Å². The van der Waals surface area contributed by atoms with Crippen LogP contribution in [0.3, 0.4) is 0 Å². The van der Waals surface area contributed by atoms with E-state index in [-0.39, 0.29) is 29.4 Å². The maximum absolute atomic E-state index is 13.3. The molecule has 3 unspecified atom stereocenters. The Balaban J connectivity index is 1.52. The molecule has 0 saturated carbocycles. The molecular weight excluding hydrogens is 392 g/mol. The number of ether oxygens (including phenoxy) is 1. The molecule has 1 aromatic carbocycles. The second kappa shape index (κ2) is 7.74. The highest BCUT2D eigenvalue weighted by Gasteiger charge is 2.43. The van der Waals surface area contributed by atoms with Gasteiger partial charge in [0, 0.05) is 13.1 Å². The first kappa shape index (κ1) is 19.8. The number of carbonyl (C=O) groups is 1. The van der Waals surface area contributed by atoms with Crippen molar-refractivity contribution in [1.29, 1.82) is 0 Å². The monoisotopic (exact) mass is 416 g/mol. The van der Waals surface area contributed by atoms with Gasteiger partial charge in [-0.05, 0) is 43.9 Å². The first-order chi connectivity index (χ1) is 13.9. The summed E-state index contributed by atoms with van der Waals surface area (Å²) in [5, 5.41) is 7.03. The van der Waals surface area contributed by atoms with Crippen molar-refractivity contribution >= 4 is 15.9 Å². The summed E-state index contributed by atoms with van der Waals surface area (Å²) in [5.41, 5.74) is 1.38. The SMILES string of the molecule is C=CC(=O)NC1CC2CCN(S(=O)(=O)c3cnn(-c4ccccc4)c3C)CC2O1. The molecule has 2 aliphatic heterocycles. The molecule has 9 heteroatoms. The highest BCUT2D eigenvalue weighted by molar-refractivity contribution is 7.89. The molecule has 1 amide bonds. The van der Waals surface area contributed by atoms with Crippen LogP contribution in [0, 0.1) is 12.8 Å². The van der Waals surface area contributed by atoms with Gasteiger partial charge in [0.15, 0.2) is 0 Å². The van der Waals surface area contributed by atoms with E-state index in [9.17, 15) is 13.2 Å². The molecule has 0 bridgehead atoms. The Morgan fingerprint density at radius 1 is 1.34 bits per heavy atom. The number of fused-ring (bicyclic) bond motifs is 1. The summed E-state index contributed by atoms with van der Waals surface area (Å²) in [4.78, 5) is 11.7. The molecule has 3 atom stereocenters. The Kier molecular flexibility index (Phi) is 5.28. The Bertz CT molecular complexity index is 1020. The van der Waals surface area contributed by atoms with E-state index in [0.29, 0.717) is 25.1 Å². The van der Waals surface area contributed by atoms with Gasteiger partial charge in [-0.1, -0.05) is 24.8 Å². The van der Waals surface area contributed by atoms with Crippen molar-refractivity contribution in [2.24, 2.45) is 5.92 Å². The van der Waals surface area contributed by atoms with Crippen molar-refractivity contribution in [2.75, 3.05) is 13.1 Å². The fraction of sp³-hybridized carbons (Fsp3) is 0.400. The van der Waals surface area contributed by atoms with Gasteiger partial charge in [-0.3, -0.25) is 4.79 Å². The minimum Gasteiger partial charge on any atom is -0.354 e. The van der Waals surface area contributed by atoms with Gasteiger partial charge in [0.05, 0.1) is 23.7 Å². The fourth-order valence-corrected chi connectivity index (χ4v) is 5.65. The molecule has 154 valence electrons. The van der Waals surface area contributed by atoms with E-state index in [2.05, 4.69) is 17.0 Å². The van der Waals surface area contributed by atoms with Crippen LogP contribution in [-0.4, -0.2) is 53.8 Å². The van der Waals surface area contributed by atoms with Gasteiger partial charge >= 0.3 is 0 Å². The first-order valence-corrected chi connectivity index (χ1v) is 11.0. The number of piperidine rings is 1. The van der Waals surface area contributed by atoms with Crippen LogP contribution >= 0.6 is 0 Å². The van der Waals surface area contributed by atoms with Gasteiger partial charge in [-0.2, -0.15) is 9.40 Å². The van der Waals surface area contributed by atoms with E-state index in [0.717, 1.165) is 5.69 Å². The fourth-order valence-electron chi connectivity index (χ4n) is 4.05. The molecule has 1 aromatic heterocycles. The summed E-state index contributed by atoms with van der Waals surface area (Å²) in [7, 11) is -3.70. The van der Waals surface area contributed by atoms with E-state index in [4.69, 9.17) is 4.74 Å². The van der Waals surface area contributed by atoms with Crippen molar-refractivity contribution in [3.63, 3.8) is 0 Å². The second-order valence-corrected chi connectivity index (χ2v) is 9.27. The lowest BCUT2D eigenvalue weighted by Gasteiger charge is -2.32. The van der Waals surface area contributed by atoms with Crippen LogP contribution in [0.4, 0.5) is 0 Å². The molecule has 8 nitrogen and oxygen atoms in total. The zero-order valence-electron chi connectivity index (χ0n) is 16.2. The smallest absolute Gasteiger partial charge is 0.246 e. The van der Waals surface area contributed by atoms with Gasteiger partial charge < -0.3 is 10.1 Å². The molecule has 3 heterocycles. The van der Waals surface area contributed by atoms with Crippen LogP contribution in [0.2, 0.25) is 0 Å². The first-order valence-electron chi connectivity index (χ1n) is 9.58. The number of hydrogen-bond acceptors (Lipinski definition) is 5. The summed E-state index contributed by atoms with van der Waals surface area (Å²) in [6.07, 6.45) is 3.35. The minimum atomic E-state index is -3.70. The lowest BCUT2D eigenvalue weighted by Crippen LogP contribution is -2.45. The number of amides is 1. The maximum Gasteiger partial charge on any atom is 0.246 e. The Morgan fingerprint density at radius 2 is 2.10 bits per heavy atom. The number of nitrogens with zero attached hydrogens (tertiary/aromatic N) is 3. The van der Waals surface area contributed by atoms with E-state index in [1.54, 1.807) is 11.6 Å². The minimum absolute atomic E-state index is 0.203. The van der Waals surface area contributed by atoms with Crippen molar-refractivity contribution in [3.8, 4) is 5.69 Å². The molecule has 0 aliphatic carbocycles. The van der Waals surface area contributed by atoms with Gasteiger partial charge in [0.25, 0.3) is 0 Å². The third-order valence-electron chi connectivity index (χ3n) is 5.59. The lowest BCUT2D eigenvalue weighted by atomic mass is 9.94. The molecule has 2 fully saturated rings. The van der Waals surface area contributed by atoms with E-state index >= 15 is 0 Å². The molecule has 1 N–H and O–H groups in total. The third kappa shape index (κ3) is 3.73. The summed E-state index contributed by atoms with van der Waals surface area (Å²) >= 11 is 0. The van der Waals surface area contributed by atoms with Crippen molar-refractivity contribution in [2.45, 2.75) is 37.0 Å². The number of rotatable bonds is 5. The third-order valence-corrected chi connectivity index (χ3v) is 7.55. The van der Waals surface area contributed by atoms with Gasteiger partial charge in [-0.25, -0.2) is 13.1 Å². The molecule has 4 rings (SSSR count). The molecule has 2 aromatic rings. The number of carbonyl (C=O) groups excluding carboxylic acids is 1. The number of nitrogens with one attached hydrogen (secondary N) is 1.